The quantitative estimate of drug-likeness (QED) is 0.245. The van der Waals surface area contributed by atoms with Crippen LogP contribution in [0.15, 0.2) is 97.1 Å². The molecule has 9 heteroatoms. The molecule has 1 heterocycles. The van der Waals surface area contributed by atoms with Gasteiger partial charge in [0.05, 0.1) is 6.04 Å². The molecule has 40 heavy (non-hydrogen) atoms. The number of amides is 1. The van der Waals surface area contributed by atoms with Crippen LogP contribution in [0.25, 0.3) is 0 Å². The van der Waals surface area contributed by atoms with Crippen LogP contribution < -0.4 is 5.32 Å². The summed E-state index contributed by atoms with van der Waals surface area (Å²) in [5.41, 5.74) is 3.31. The Hall–Kier alpha value is -3.98. The third-order valence-corrected chi connectivity index (χ3v) is 6.67. The van der Waals surface area contributed by atoms with Crippen LogP contribution in [0.3, 0.4) is 0 Å². The van der Waals surface area contributed by atoms with Crippen molar-refractivity contribution >= 4 is 29.4 Å². The van der Waals surface area contributed by atoms with Gasteiger partial charge in [0, 0.05) is 55.5 Å². The summed E-state index contributed by atoms with van der Waals surface area (Å²) in [5, 5.41) is 19.4. The fraction of sp³-hybridized carbons (Fsp3) is 0.258. The second-order valence-corrected chi connectivity index (χ2v) is 9.66. The van der Waals surface area contributed by atoms with Crippen molar-refractivity contribution in [3.8, 4) is 0 Å². The second-order valence-electron chi connectivity index (χ2n) is 9.23. The van der Waals surface area contributed by atoms with E-state index in [1.807, 2.05) is 42.5 Å². The number of carbonyl (C=O) groups excluding carboxylic acids is 1. The number of carboxylic acid groups (broad SMARTS) is 2. The van der Waals surface area contributed by atoms with E-state index in [4.69, 9.17) is 21.8 Å². The predicted octanol–water partition coefficient (Wildman–Crippen LogP) is 4.58. The Morgan fingerprint density at radius 1 is 0.775 bits per heavy atom. The minimum atomic E-state index is -1.26. The molecule has 1 atom stereocenters. The van der Waals surface area contributed by atoms with E-state index >= 15 is 0 Å². The van der Waals surface area contributed by atoms with Crippen molar-refractivity contribution in [2.75, 3.05) is 39.3 Å². The maximum Gasteiger partial charge on any atom is 0.328 e. The number of benzene rings is 3. The topological polar surface area (TPSA) is 110 Å². The lowest BCUT2D eigenvalue weighted by atomic mass is 9.96. The molecule has 1 aliphatic heterocycles. The summed E-state index contributed by atoms with van der Waals surface area (Å²) in [6.07, 6.45) is 2.07. The van der Waals surface area contributed by atoms with Crippen molar-refractivity contribution in [1.82, 2.24) is 15.1 Å². The molecule has 1 saturated heterocycles. The summed E-state index contributed by atoms with van der Waals surface area (Å²) in [6, 6.07) is 28.6. The lowest BCUT2D eigenvalue weighted by Crippen LogP contribution is -2.48. The number of hydrogen-bond donors (Lipinski definition) is 3. The van der Waals surface area contributed by atoms with Crippen molar-refractivity contribution < 1.29 is 24.6 Å². The molecule has 0 saturated carbocycles. The fourth-order valence-corrected chi connectivity index (χ4v) is 4.60. The van der Waals surface area contributed by atoms with Gasteiger partial charge in [-0.2, -0.15) is 0 Å². The molecule has 0 aliphatic carbocycles. The molecule has 0 spiro atoms. The summed E-state index contributed by atoms with van der Waals surface area (Å²) >= 11 is 6.14. The predicted molar refractivity (Wildman–Crippen MR) is 156 cm³/mol. The Balaban J connectivity index is 0.000000482. The number of carbonyl (C=O) groups is 3. The van der Waals surface area contributed by atoms with E-state index in [9.17, 15) is 14.4 Å². The molecule has 1 amide bonds. The average Bonchev–Trinajstić information content (AvgIpc) is 2.97. The maximum atomic E-state index is 12.2. The molecule has 3 N–H and O–H groups in total. The Labute approximate surface area is 239 Å². The molecule has 1 unspecified atom stereocenters. The molecule has 0 aromatic heterocycles. The number of halogens is 1. The fourth-order valence-electron chi connectivity index (χ4n) is 4.48. The molecule has 210 valence electrons. The van der Waals surface area contributed by atoms with Crippen LogP contribution in [-0.4, -0.2) is 77.1 Å². The Bertz CT molecular complexity index is 1230. The minimum absolute atomic E-state index is 0.00378. The van der Waals surface area contributed by atoms with E-state index in [-0.39, 0.29) is 11.9 Å². The zero-order valence-corrected chi connectivity index (χ0v) is 22.9. The molecule has 8 nitrogen and oxygen atoms in total. The number of rotatable bonds is 10. The molecule has 1 aliphatic rings. The Morgan fingerprint density at radius 2 is 1.30 bits per heavy atom. The molecular weight excluding hydrogens is 530 g/mol. The monoisotopic (exact) mass is 563 g/mol. The molecule has 1 fully saturated rings. The minimum Gasteiger partial charge on any atom is -0.478 e. The molecule has 3 aromatic carbocycles. The molecule has 0 radical (unpaired) electrons. The van der Waals surface area contributed by atoms with Crippen LogP contribution in [0.1, 0.15) is 33.9 Å². The highest BCUT2D eigenvalue weighted by atomic mass is 35.5. The molecule has 0 bridgehead atoms. The summed E-state index contributed by atoms with van der Waals surface area (Å²) < 4.78 is 0. The molecular formula is C31H34ClN3O5. The van der Waals surface area contributed by atoms with Crippen molar-refractivity contribution in [3.63, 3.8) is 0 Å². The van der Waals surface area contributed by atoms with Crippen molar-refractivity contribution in [2.45, 2.75) is 12.5 Å². The normalized spacial score (nSPS) is 14.6. The smallest absolute Gasteiger partial charge is 0.328 e. The summed E-state index contributed by atoms with van der Waals surface area (Å²) in [5.74, 6) is -2.51. The first-order chi connectivity index (χ1) is 19.3. The number of hydrogen-bond acceptors (Lipinski definition) is 5. The van der Waals surface area contributed by atoms with Gasteiger partial charge in [-0.05, 0) is 48.4 Å². The highest BCUT2D eigenvalue weighted by molar-refractivity contribution is 6.30. The van der Waals surface area contributed by atoms with Crippen LogP contribution in [0.5, 0.6) is 0 Å². The maximum absolute atomic E-state index is 12.2. The first-order valence-electron chi connectivity index (χ1n) is 13.1. The SMILES string of the molecule is O=C(NCCCN1CCN(C(c2ccccc2)c2ccc(Cl)cc2)CC1)c1ccccc1.O=C(O)C=CC(=O)O. The van der Waals surface area contributed by atoms with Gasteiger partial charge in [-0.15, -0.1) is 0 Å². The summed E-state index contributed by atoms with van der Waals surface area (Å²) in [6.45, 7) is 5.79. The molecule has 4 rings (SSSR count). The van der Waals surface area contributed by atoms with Crippen molar-refractivity contribution in [2.24, 2.45) is 0 Å². The zero-order valence-electron chi connectivity index (χ0n) is 22.2. The summed E-state index contributed by atoms with van der Waals surface area (Å²) in [7, 11) is 0. The summed E-state index contributed by atoms with van der Waals surface area (Å²) in [4.78, 5) is 36.3. The van der Waals surface area contributed by atoms with E-state index in [0.717, 1.165) is 49.7 Å². The Kier molecular flexibility index (Phi) is 12.4. The number of aliphatic carboxylic acids is 2. The van der Waals surface area contributed by atoms with Gasteiger partial charge in [0.1, 0.15) is 0 Å². The first-order valence-corrected chi connectivity index (χ1v) is 13.5. The van der Waals surface area contributed by atoms with Crippen LogP contribution in [0.2, 0.25) is 5.02 Å². The van der Waals surface area contributed by atoms with Crippen LogP contribution in [0.4, 0.5) is 0 Å². The number of piperazine rings is 1. The van der Waals surface area contributed by atoms with Gasteiger partial charge < -0.3 is 20.4 Å². The number of nitrogens with zero attached hydrogens (tertiary/aromatic N) is 2. The van der Waals surface area contributed by atoms with Gasteiger partial charge in [-0.1, -0.05) is 72.3 Å². The van der Waals surface area contributed by atoms with Crippen LogP contribution in [-0.2, 0) is 9.59 Å². The van der Waals surface area contributed by atoms with Gasteiger partial charge in [0.25, 0.3) is 5.91 Å². The standard InChI is InChI=1S/C27H30ClN3O.C4H4O4/c28-25-14-12-23(13-15-25)26(22-8-3-1-4-9-22)31-20-18-30(19-21-31)17-7-16-29-27(32)24-10-5-2-6-11-24;5-3(6)1-2-4(7)8/h1-6,8-15,26H,7,16-21H2,(H,29,32);1-2H,(H,5,6)(H,7,8). The highest BCUT2D eigenvalue weighted by Gasteiger charge is 2.26. The Morgan fingerprint density at radius 3 is 1.85 bits per heavy atom. The van der Waals surface area contributed by atoms with E-state index in [2.05, 4.69) is 57.6 Å². The van der Waals surface area contributed by atoms with E-state index < -0.39 is 11.9 Å². The lowest BCUT2D eigenvalue weighted by Gasteiger charge is -2.40. The van der Waals surface area contributed by atoms with Gasteiger partial charge in [0.15, 0.2) is 0 Å². The van der Waals surface area contributed by atoms with Crippen molar-refractivity contribution in [3.05, 3.63) is 119 Å². The second kappa shape index (κ2) is 16.2. The average molecular weight is 564 g/mol. The van der Waals surface area contributed by atoms with Gasteiger partial charge in [0.2, 0.25) is 0 Å². The van der Waals surface area contributed by atoms with Crippen LogP contribution in [0, 0.1) is 0 Å². The zero-order chi connectivity index (χ0) is 28.7. The third kappa shape index (κ3) is 10.3. The number of nitrogens with one attached hydrogen (secondary N) is 1. The van der Waals surface area contributed by atoms with Gasteiger partial charge in [-0.3, -0.25) is 9.69 Å². The van der Waals surface area contributed by atoms with Crippen LogP contribution >= 0.6 is 11.6 Å². The van der Waals surface area contributed by atoms with Gasteiger partial charge in [-0.25, -0.2) is 9.59 Å². The first kappa shape index (κ1) is 30.6. The largest absolute Gasteiger partial charge is 0.478 e. The molecule has 3 aromatic rings. The third-order valence-electron chi connectivity index (χ3n) is 6.41. The van der Waals surface area contributed by atoms with E-state index in [1.54, 1.807) is 0 Å². The van der Waals surface area contributed by atoms with E-state index in [1.165, 1.54) is 11.1 Å². The van der Waals surface area contributed by atoms with Crippen molar-refractivity contribution in [1.29, 1.82) is 0 Å². The number of carboxylic acids is 2. The van der Waals surface area contributed by atoms with Gasteiger partial charge >= 0.3 is 11.9 Å². The van der Waals surface area contributed by atoms with E-state index in [0.29, 0.717) is 18.7 Å². The highest BCUT2D eigenvalue weighted by Crippen LogP contribution is 2.30. The lowest BCUT2D eigenvalue weighted by molar-refractivity contribution is -0.134.